The lowest BCUT2D eigenvalue weighted by atomic mass is 9.89. The van der Waals surface area contributed by atoms with Crippen molar-refractivity contribution in [3.63, 3.8) is 0 Å². The third-order valence-corrected chi connectivity index (χ3v) is 5.46. The maximum atomic E-state index is 12.8. The number of ether oxygens (including phenoxy) is 1. The van der Waals surface area contributed by atoms with Crippen LogP contribution in [0.15, 0.2) is 30.3 Å². The van der Waals surface area contributed by atoms with Gasteiger partial charge in [-0.05, 0) is 43.5 Å². The van der Waals surface area contributed by atoms with Crippen LogP contribution in [0.5, 0.6) is 0 Å². The Labute approximate surface area is 158 Å². The Morgan fingerprint density at radius 3 is 2.88 bits per heavy atom. The average Bonchev–Trinajstić information content (AvgIpc) is 3.46. The Morgan fingerprint density at radius 1 is 1.31 bits per heavy atom. The SMILES string of the molecule is O=C(NCCn1c(C2CC2)n[nH]c1=S)C1CCCOC1c1ccccc1. The maximum Gasteiger partial charge on any atom is 0.226 e. The smallest absolute Gasteiger partial charge is 0.226 e. The number of carbonyl (C=O) groups is 1. The minimum atomic E-state index is -0.164. The van der Waals surface area contributed by atoms with Gasteiger partial charge in [-0.3, -0.25) is 9.89 Å². The van der Waals surface area contributed by atoms with E-state index in [1.54, 1.807) is 0 Å². The molecule has 4 rings (SSSR count). The summed E-state index contributed by atoms with van der Waals surface area (Å²) >= 11 is 5.32. The molecule has 0 radical (unpaired) electrons. The first-order chi connectivity index (χ1) is 12.7. The zero-order valence-electron chi connectivity index (χ0n) is 14.7. The van der Waals surface area contributed by atoms with Crippen LogP contribution in [0.1, 0.15) is 49.1 Å². The molecule has 2 aliphatic rings. The predicted molar refractivity (Wildman–Crippen MR) is 100 cm³/mol. The first kappa shape index (κ1) is 17.4. The molecule has 1 aliphatic heterocycles. The lowest BCUT2D eigenvalue weighted by Crippen LogP contribution is -2.38. The number of H-pyrrole nitrogens is 1. The van der Waals surface area contributed by atoms with Crippen molar-refractivity contribution in [2.24, 2.45) is 5.92 Å². The molecule has 138 valence electrons. The highest BCUT2D eigenvalue weighted by atomic mass is 32.1. The Hall–Kier alpha value is -1.99. The molecule has 6 nitrogen and oxygen atoms in total. The molecular weight excluding hydrogens is 348 g/mol. The minimum absolute atomic E-state index is 0.0570. The lowest BCUT2D eigenvalue weighted by Gasteiger charge is -2.31. The van der Waals surface area contributed by atoms with Crippen LogP contribution < -0.4 is 5.32 Å². The topological polar surface area (TPSA) is 71.9 Å². The van der Waals surface area contributed by atoms with Gasteiger partial charge in [0.1, 0.15) is 5.82 Å². The van der Waals surface area contributed by atoms with Gasteiger partial charge >= 0.3 is 0 Å². The van der Waals surface area contributed by atoms with E-state index in [9.17, 15) is 4.79 Å². The highest BCUT2D eigenvalue weighted by Gasteiger charge is 2.33. The Morgan fingerprint density at radius 2 is 2.12 bits per heavy atom. The van der Waals surface area contributed by atoms with Gasteiger partial charge in [-0.1, -0.05) is 30.3 Å². The number of aromatic amines is 1. The first-order valence-electron chi connectivity index (χ1n) is 9.33. The molecule has 2 unspecified atom stereocenters. The first-order valence-corrected chi connectivity index (χ1v) is 9.74. The average molecular weight is 372 g/mol. The van der Waals surface area contributed by atoms with E-state index in [1.807, 2.05) is 34.9 Å². The van der Waals surface area contributed by atoms with Gasteiger partial charge in [0.25, 0.3) is 0 Å². The number of aromatic nitrogens is 3. The molecule has 26 heavy (non-hydrogen) atoms. The van der Waals surface area contributed by atoms with Crippen LogP contribution in [-0.2, 0) is 16.1 Å². The van der Waals surface area contributed by atoms with E-state index >= 15 is 0 Å². The van der Waals surface area contributed by atoms with Crippen molar-refractivity contribution in [2.75, 3.05) is 13.2 Å². The number of benzene rings is 1. The molecule has 0 bridgehead atoms. The summed E-state index contributed by atoms with van der Waals surface area (Å²) < 4.78 is 8.57. The maximum absolute atomic E-state index is 12.8. The highest BCUT2D eigenvalue weighted by molar-refractivity contribution is 7.71. The number of carbonyl (C=O) groups excluding carboxylic acids is 1. The van der Waals surface area contributed by atoms with Crippen LogP contribution in [0.3, 0.4) is 0 Å². The standard InChI is InChI=1S/C19H24N4O2S/c24-18(15-7-4-12-25-16(15)13-5-2-1-3-6-13)20-10-11-23-17(14-8-9-14)21-22-19(23)26/h1-3,5-6,14-16H,4,7-12H2,(H,20,24)(H,22,26). The van der Waals surface area contributed by atoms with Crippen LogP contribution in [0, 0.1) is 10.7 Å². The molecule has 1 aliphatic carbocycles. The fourth-order valence-electron chi connectivity index (χ4n) is 3.64. The van der Waals surface area contributed by atoms with Gasteiger partial charge < -0.3 is 14.6 Å². The number of nitrogens with zero attached hydrogens (tertiary/aromatic N) is 2. The van der Waals surface area contributed by atoms with E-state index in [-0.39, 0.29) is 17.9 Å². The summed E-state index contributed by atoms with van der Waals surface area (Å²) in [5.41, 5.74) is 1.07. The summed E-state index contributed by atoms with van der Waals surface area (Å²) in [5.74, 6) is 1.45. The largest absolute Gasteiger partial charge is 0.373 e. The van der Waals surface area contributed by atoms with Gasteiger partial charge in [0.05, 0.1) is 12.0 Å². The van der Waals surface area contributed by atoms with E-state index in [0.717, 1.165) is 24.2 Å². The summed E-state index contributed by atoms with van der Waals surface area (Å²) in [7, 11) is 0. The lowest BCUT2D eigenvalue weighted by molar-refractivity contribution is -0.134. The molecule has 1 aromatic carbocycles. The Balaban J connectivity index is 1.38. The molecule has 2 atom stereocenters. The number of hydrogen-bond acceptors (Lipinski definition) is 4. The van der Waals surface area contributed by atoms with E-state index in [4.69, 9.17) is 17.0 Å². The third kappa shape index (κ3) is 3.73. The van der Waals surface area contributed by atoms with Gasteiger partial charge in [0.2, 0.25) is 5.91 Å². The highest BCUT2D eigenvalue weighted by Crippen LogP contribution is 2.38. The molecule has 1 saturated heterocycles. The second-order valence-electron chi connectivity index (χ2n) is 7.05. The summed E-state index contributed by atoms with van der Waals surface area (Å²) in [4.78, 5) is 12.8. The van der Waals surface area contributed by atoms with Crippen molar-refractivity contribution >= 4 is 18.1 Å². The second-order valence-corrected chi connectivity index (χ2v) is 7.44. The molecule has 7 heteroatoms. The normalized spacial score (nSPS) is 22.9. The van der Waals surface area contributed by atoms with E-state index in [0.29, 0.717) is 30.4 Å². The van der Waals surface area contributed by atoms with Gasteiger partial charge in [0, 0.05) is 25.6 Å². The zero-order chi connectivity index (χ0) is 17.9. The van der Waals surface area contributed by atoms with Crippen molar-refractivity contribution in [1.82, 2.24) is 20.1 Å². The van der Waals surface area contributed by atoms with Crippen LogP contribution in [0.4, 0.5) is 0 Å². The monoisotopic (exact) mass is 372 g/mol. The molecular formula is C19H24N4O2S. The van der Waals surface area contributed by atoms with Crippen LogP contribution in [0.2, 0.25) is 0 Å². The molecule has 0 spiro atoms. The van der Waals surface area contributed by atoms with Crippen molar-refractivity contribution in [3.05, 3.63) is 46.5 Å². The summed E-state index contributed by atoms with van der Waals surface area (Å²) in [6, 6.07) is 10.0. The predicted octanol–water partition coefficient (Wildman–Crippen LogP) is 3.10. The van der Waals surface area contributed by atoms with Crippen molar-refractivity contribution in [2.45, 2.75) is 44.2 Å². The molecule has 1 aromatic heterocycles. The van der Waals surface area contributed by atoms with E-state index in [1.165, 1.54) is 12.8 Å². The van der Waals surface area contributed by atoms with Gasteiger partial charge in [-0.25, -0.2) is 0 Å². The van der Waals surface area contributed by atoms with Crippen molar-refractivity contribution in [3.8, 4) is 0 Å². The summed E-state index contributed by atoms with van der Waals surface area (Å²) in [5, 5.41) is 10.3. The molecule has 2 heterocycles. The second kappa shape index (κ2) is 7.72. The molecule has 2 fully saturated rings. The summed E-state index contributed by atoms with van der Waals surface area (Å²) in [6.07, 6.45) is 3.95. The molecule has 1 saturated carbocycles. The fourth-order valence-corrected chi connectivity index (χ4v) is 3.87. The third-order valence-electron chi connectivity index (χ3n) is 5.15. The minimum Gasteiger partial charge on any atom is -0.373 e. The van der Waals surface area contributed by atoms with Crippen molar-refractivity contribution in [1.29, 1.82) is 0 Å². The number of amides is 1. The Kier molecular flexibility index (Phi) is 5.17. The van der Waals surface area contributed by atoms with Gasteiger partial charge in [0.15, 0.2) is 4.77 Å². The fraction of sp³-hybridized carbons (Fsp3) is 0.526. The van der Waals surface area contributed by atoms with Crippen LogP contribution in [-0.4, -0.2) is 33.8 Å². The molecule has 1 amide bonds. The van der Waals surface area contributed by atoms with Crippen molar-refractivity contribution < 1.29 is 9.53 Å². The zero-order valence-corrected chi connectivity index (χ0v) is 15.5. The molecule has 2 N–H and O–H groups in total. The number of nitrogens with one attached hydrogen (secondary N) is 2. The van der Waals surface area contributed by atoms with Crippen LogP contribution in [0.25, 0.3) is 0 Å². The van der Waals surface area contributed by atoms with Gasteiger partial charge in [-0.2, -0.15) is 5.10 Å². The van der Waals surface area contributed by atoms with Gasteiger partial charge in [-0.15, -0.1) is 0 Å². The van der Waals surface area contributed by atoms with E-state index in [2.05, 4.69) is 15.5 Å². The number of rotatable bonds is 6. The Bertz CT molecular complexity index is 812. The quantitative estimate of drug-likeness (QED) is 0.765. The molecule has 2 aromatic rings. The summed E-state index contributed by atoms with van der Waals surface area (Å²) in [6.45, 7) is 1.90. The van der Waals surface area contributed by atoms with E-state index < -0.39 is 0 Å². The van der Waals surface area contributed by atoms with Crippen LogP contribution >= 0.6 is 12.2 Å². The number of hydrogen-bond donors (Lipinski definition) is 2.